The molecule has 1 fully saturated rings. The quantitative estimate of drug-likeness (QED) is 0.672. The molecule has 0 bridgehead atoms. The molecule has 0 N–H and O–H groups in total. The van der Waals surface area contributed by atoms with Crippen LogP contribution in [0.3, 0.4) is 0 Å². The van der Waals surface area contributed by atoms with E-state index in [2.05, 4.69) is 0 Å². The molecule has 0 aromatic rings. The van der Waals surface area contributed by atoms with E-state index >= 15 is 0 Å². The summed E-state index contributed by atoms with van der Waals surface area (Å²) in [5.74, 6) is 0. The first-order valence-corrected chi connectivity index (χ1v) is 6.37. The summed E-state index contributed by atoms with van der Waals surface area (Å²) < 4.78 is 28.4. The maximum Gasteiger partial charge on any atom is 0.211 e. The van der Waals surface area contributed by atoms with Crippen molar-refractivity contribution in [2.45, 2.75) is 26.4 Å². The van der Waals surface area contributed by atoms with Gasteiger partial charge in [0.05, 0.1) is 12.4 Å². The fourth-order valence-electron chi connectivity index (χ4n) is 1.19. The van der Waals surface area contributed by atoms with Crippen LogP contribution in [-0.2, 0) is 14.8 Å². The first-order valence-electron chi connectivity index (χ1n) is 4.52. The summed E-state index contributed by atoms with van der Waals surface area (Å²) in [7, 11) is -1.38. The van der Waals surface area contributed by atoms with Crippen molar-refractivity contribution >= 4 is 10.0 Å². The van der Waals surface area contributed by atoms with Crippen molar-refractivity contribution in [3.05, 3.63) is 0 Å². The largest absolute Gasteiger partial charge is 0.380 e. The molecule has 80 valence electrons. The van der Waals surface area contributed by atoms with E-state index in [4.69, 9.17) is 4.74 Å². The number of hydrogen-bond donors (Lipinski definition) is 0. The lowest BCUT2D eigenvalue weighted by Crippen LogP contribution is -2.28. The average Bonchev–Trinajstić information content (AvgIpc) is 2.54. The SMILES string of the molecule is CC.COC1CCN(S(C)(=O)=O)C1. The maximum atomic E-state index is 11.0. The minimum absolute atomic E-state index is 0.0877. The van der Waals surface area contributed by atoms with E-state index in [1.54, 1.807) is 7.11 Å². The van der Waals surface area contributed by atoms with Crippen LogP contribution in [0.25, 0.3) is 0 Å². The van der Waals surface area contributed by atoms with Crippen molar-refractivity contribution in [1.82, 2.24) is 4.31 Å². The van der Waals surface area contributed by atoms with Gasteiger partial charge >= 0.3 is 0 Å². The summed E-state index contributed by atoms with van der Waals surface area (Å²) in [5, 5.41) is 0. The Balaban J connectivity index is 0.000000671. The molecule has 0 spiro atoms. The minimum atomic E-state index is -2.99. The van der Waals surface area contributed by atoms with Crippen molar-refractivity contribution < 1.29 is 13.2 Å². The smallest absolute Gasteiger partial charge is 0.211 e. The predicted octanol–water partition coefficient (Wildman–Crippen LogP) is 0.693. The number of rotatable bonds is 2. The van der Waals surface area contributed by atoms with Crippen molar-refractivity contribution in [2.24, 2.45) is 0 Å². The summed E-state index contributed by atoms with van der Waals surface area (Å²) in [6.07, 6.45) is 2.12. The van der Waals surface area contributed by atoms with Gasteiger partial charge < -0.3 is 4.74 Å². The Morgan fingerprint density at radius 3 is 2.15 bits per heavy atom. The number of sulfonamides is 1. The average molecular weight is 209 g/mol. The molecule has 0 radical (unpaired) electrons. The Morgan fingerprint density at radius 1 is 1.38 bits per heavy atom. The van der Waals surface area contributed by atoms with Gasteiger partial charge in [-0.05, 0) is 6.42 Å². The zero-order valence-electron chi connectivity index (χ0n) is 8.78. The van der Waals surface area contributed by atoms with Gasteiger partial charge in [0.2, 0.25) is 10.0 Å². The van der Waals surface area contributed by atoms with Crippen LogP contribution in [0.1, 0.15) is 20.3 Å². The molecule has 0 aromatic heterocycles. The predicted molar refractivity (Wildman–Crippen MR) is 53.2 cm³/mol. The maximum absolute atomic E-state index is 11.0. The standard InChI is InChI=1S/C6H13NO3S.C2H6/c1-10-6-3-4-7(5-6)11(2,8)9;1-2/h6H,3-5H2,1-2H3;1-2H3. The Hall–Kier alpha value is -0.130. The lowest BCUT2D eigenvalue weighted by atomic mass is 10.3. The van der Waals surface area contributed by atoms with Gasteiger partial charge in [-0.3, -0.25) is 0 Å². The summed E-state index contributed by atoms with van der Waals surface area (Å²) in [5.41, 5.74) is 0. The van der Waals surface area contributed by atoms with Gasteiger partial charge in [0.25, 0.3) is 0 Å². The zero-order chi connectivity index (χ0) is 10.5. The highest BCUT2D eigenvalue weighted by Crippen LogP contribution is 2.14. The molecule has 1 unspecified atom stereocenters. The molecular formula is C8H19NO3S. The molecular weight excluding hydrogens is 190 g/mol. The Kier molecular flexibility index (Phi) is 5.51. The van der Waals surface area contributed by atoms with Crippen molar-refractivity contribution in [1.29, 1.82) is 0 Å². The van der Waals surface area contributed by atoms with Crippen LogP contribution in [-0.4, -0.2) is 45.3 Å². The van der Waals surface area contributed by atoms with Gasteiger partial charge in [-0.2, -0.15) is 4.31 Å². The third-order valence-electron chi connectivity index (χ3n) is 1.91. The summed E-state index contributed by atoms with van der Waals surface area (Å²) in [6, 6.07) is 0. The molecule has 0 amide bonds. The molecule has 1 atom stereocenters. The normalized spacial score (nSPS) is 23.8. The molecule has 5 heteroatoms. The number of hydrogen-bond acceptors (Lipinski definition) is 3. The molecule has 0 saturated carbocycles. The second-order valence-corrected chi connectivity index (χ2v) is 4.75. The zero-order valence-corrected chi connectivity index (χ0v) is 9.60. The van der Waals surface area contributed by atoms with Crippen molar-refractivity contribution in [3.8, 4) is 0 Å². The van der Waals surface area contributed by atoms with Gasteiger partial charge in [-0.25, -0.2) is 8.42 Å². The highest BCUT2D eigenvalue weighted by Gasteiger charge is 2.27. The first-order chi connectivity index (χ1) is 6.04. The molecule has 1 rings (SSSR count). The highest BCUT2D eigenvalue weighted by molar-refractivity contribution is 7.88. The molecule has 13 heavy (non-hydrogen) atoms. The van der Waals surface area contributed by atoms with E-state index in [0.29, 0.717) is 13.1 Å². The van der Waals surface area contributed by atoms with E-state index in [0.717, 1.165) is 6.42 Å². The second-order valence-electron chi connectivity index (χ2n) is 2.77. The Labute approximate surface area is 80.9 Å². The van der Waals surface area contributed by atoms with E-state index in [1.165, 1.54) is 10.6 Å². The lowest BCUT2D eigenvalue weighted by molar-refractivity contribution is 0.115. The summed E-state index contributed by atoms with van der Waals surface area (Å²) in [4.78, 5) is 0. The van der Waals surface area contributed by atoms with Gasteiger partial charge in [0.15, 0.2) is 0 Å². The van der Waals surface area contributed by atoms with Crippen molar-refractivity contribution in [2.75, 3.05) is 26.5 Å². The van der Waals surface area contributed by atoms with Gasteiger partial charge in [0.1, 0.15) is 0 Å². The van der Waals surface area contributed by atoms with E-state index in [9.17, 15) is 8.42 Å². The summed E-state index contributed by atoms with van der Waals surface area (Å²) >= 11 is 0. The topological polar surface area (TPSA) is 46.6 Å². The van der Waals surface area contributed by atoms with E-state index in [1.807, 2.05) is 13.8 Å². The van der Waals surface area contributed by atoms with Crippen LogP contribution in [0.5, 0.6) is 0 Å². The second kappa shape index (κ2) is 5.57. The molecule has 1 heterocycles. The van der Waals surface area contributed by atoms with Crippen LogP contribution in [0.2, 0.25) is 0 Å². The van der Waals surface area contributed by atoms with Crippen LogP contribution < -0.4 is 0 Å². The molecule has 4 nitrogen and oxygen atoms in total. The minimum Gasteiger partial charge on any atom is -0.380 e. The lowest BCUT2D eigenvalue weighted by Gasteiger charge is -2.11. The molecule has 1 aliphatic heterocycles. The third kappa shape index (κ3) is 4.06. The van der Waals surface area contributed by atoms with Gasteiger partial charge in [-0.15, -0.1) is 0 Å². The molecule has 1 saturated heterocycles. The number of ether oxygens (including phenoxy) is 1. The summed E-state index contributed by atoms with van der Waals surface area (Å²) in [6.45, 7) is 5.10. The molecule has 0 aromatic carbocycles. The van der Waals surface area contributed by atoms with Crippen LogP contribution >= 0.6 is 0 Å². The van der Waals surface area contributed by atoms with Gasteiger partial charge in [-0.1, -0.05) is 13.8 Å². The van der Waals surface area contributed by atoms with Crippen molar-refractivity contribution in [3.63, 3.8) is 0 Å². The fourth-order valence-corrected chi connectivity index (χ4v) is 2.07. The Morgan fingerprint density at radius 2 is 1.92 bits per heavy atom. The van der Waals surface area contributed by atoms with Crippen LogP contribution in [0, 0.1) is 0 Å². The molecule has 1 aliphatic rings. The first kappa shape index (κ1) is 12.9. The monoisotopic (exact) mass is 209 g/mol. The van der Waals surface area contributed by atoms with E-state index < -0.39 is 10.0 Å². The number of nitrogens with zero attached hydrogens (tertiary/aromatic N) is 1. The van der Waals surface area contributed by atoms with Gasteiger partial charge in [0, 0.05) is 20.2 Å². The van der Waals surface area contributed by atoms with Crippen LogP contribution in [0.15, 0.2) is 0 Å². The highest BCUT2D eigenvalue weighted by atomic mass is 32.2. The van der Waals surface area contributed by atoms with Crippen LogP contribution in [0.4, 0.5) is 0 Å². The van der Waals surface area contributed by atoms with E-state index in [-0.39, 0.29) is 6.10 Å². The molecule has 0 aliphatic carbocycles. The third-order valence-corrected chi connectivity index (χ3v) is 3.18. The number of methoxy groups -OCH3 is 1. The fraction of sp³-hybridized carbons (Fsp3) is 1.00. The Bertz CT molecular complexity index is 226.